The molecule has 1 aromatic carbocycles. The molecule has 80 valence electrons. The van der Waals surface area contributed by atoms with E-state index in [0.717, 1.165) is 6.42 Å². The van der Waals surface area contributed by atoms with Gasteiger partial charge in [-0.15, -0.1) is 0 Å². The predicted octanol–water partition coefficient (Wildman–Crippen LogP) is 2.67. The number of hydrogen-bond acceptors (Lipinski definition) is 2. The summed E-state index contributed by atoms with van der Waals surface area (Å²) in [6.07, 6.45) is 0.923. The Hall–Kier alpha value is -1.38. The number of halogens is 1. The first-order valence-electron chi connectivity index (χ1n) is 5.01. The van der Waals surface area contributed by atoms with Gasteiger partial charge in [0, 0.05) is 11.5 Å². The molecule has 2 nitrogen and oxygen atoms in total. The summed E-state index contributed by atoms with van der Waals surface area (Å²) in [5.41, 5.74) is 0.447. The molecule has 2 rings (SSSR count). The van der Waals surface area contributed by atoms with Crippen LogP contribution in [0.1, 0.15) is 23.7 Å². The Morgan fingerprint density at radius 3 is 2.67 bits per heavy atom. The topological polar surface area (TPSA) is 26.3 Å². The van der Waals surface area contributed by atoms with Gasteiger partial charge in [-0.2, -0.15) is 0 Å². The van der Waals surface area contributed by atoms with Crippen LogP contribution in [0.3, 0.4) is 0 Å². The Morgan fingerprint density at radius 2 is 2.20 bits per heavy atom. The molecule has 0 spiro atoms. The van der Waals surface area contributed by atoms with Crippen molar-refractivity contribution in [1.82, 2.24) is 0 Å². The number of benzene rings is 1. The summed E-state index contributed by atoms with van der Waals surface area (Å²) in [4.78, 5) is 11.8. The number of carbonyl (C=O) groups is 1. The monoisotopic (exact) mass is 208 g/mol. The summed E-state index contributed by atoms with van der Waals surface area (Å²) < 4.78 is 18.1. The SMILES string of the molecule is COc1ccc(C(=O)C2CC2C)cc1F. The molecule has 0 radical (unpaired) electrons. The average Bonchev–Trinajstić information content (AvgIpc) is 2.94. The average molecular weight is 208 g/mol. The second-order valence-electron chi connectivity index (χ2n) is 4.03. The van der Waals surface area contributed by atoms with Gasteiger partial charge in [0.2, 0.25) is 0 Å². The zero-order valence-electron chi connectivity index (χ0n) is 8.79. The van der Waals surface area contributed by atoms with Crippen LogP contribution in [0, 0.1) is 17.7 Å². The van der Waals surface area contributed by atoms with Gasteiger partial charge < -0.3 is 4.74 Å². The summed E-state index contributed by atoms with van der Waals surface area (Å²) in [6, 6.07) is 4.37. The van der Waals surface area contributed by atoms with E-state index in [1.54, 1.807) is 6.07 Å². The lowest BCUT2D eigenvalue weighted by atomic mass is 10.1. The number of hydrogen-bond donors (Lipinski definition) is 0. The van der Waals surface area contributed by atoms with E-state index in [1.807, 2.05) is 6.92 Å². The molecule has 1 aromatic rings. The minimum atomic E-state index is -0.475. The second kappa shape index (κ2) is 3.65. The van der Waals surface area contributed by atoms with Gasteiger partial charge in [0.1, 0.15) is 0 Å². The highest BCUT2D eigenvalue weighted by molar-refractivity contribution is 5.99. The molecule has 2 atom stereocenters. The van der Waals surface area contributed by atoms with Crippen LogP contribution in [0.2, 0.25) is 0 Å². The predicted molar refractivity (Wildman–Crippen MR) is 54.6 cm³/mol. The summed E-state index contributed by atoms with van der Waals surface area (Å²) in [7, 11) is 1.41. The molecule has 0 aliphatic heterocycles. The third kappa shape index (κ3) is 1.87. The Morgan fingerprint density at radius 1 is 1.53 bits per heavy atom. The minimum absolute atomic E-state index is 0.0454. The molecular formula is C12H13FO2. The van der Waals surface area contributed by atoms with Crippen molar-refractivity contribution < 1.29 is 13.9 Å². The highest BCUT2D eigenvalue weighted by Crippen LogP contribution is 2.40. The fourth-order valence-electron chi connectivity index (χ4n) is 1.72. The molecule has 3 heteroatoms. The van der Waals surface area contributed by atoms with Gasteiger partial charge in [-0.25, -0.2) is 4.39 Å². The highest BCUT2D eigenvalue weighted by Gasteiger charge is 2.39. The van der Waals surface area contributed by atoms with Crippen LogP contribution >= 0.6 is 0 Å². The van der Waals surface area contributed by atoms with E-state index in [-0.39, 0.29) is 17.5 Å². The summed E-state index contributed by atoms with van der Waals surface area (Å²) in [5, 5.41) is 0. The van der Waals surface area contributed by atoms with Crippen LogP contribution in [0.25, 0.3) is 0 Å². The van der Waals surface area contributed by atoms with Gasteiger partial charge in [-0.3, -0.25) is 4.79 Å². The Bertz CT molecular complexity index is 401. The molecule has 1 aliphatic rings. The number of ketones is 1. The van der Waals surface area contributed by atoms with Crippen LogP contribution in [-0.2, 0) is 0 Å². The molecule has 0 amide bonds. The first-order valence-corrected chi connectivity index (χ1v) is 5.01. The van der Waals surface area contributed by atoms with Crippen molar-refractivity contribution in [3.8, 4) is 5.75 Å². The van der Waals surface area contributed by atoms with E-state index in [0.29, 0.717) is 11.5 Å². The zero-order chi connectivity index (χ0) is 11.0. The fraction of sp³-hybridized carbons (Fsp3) is 0.417. The molecule has 0 heterocycles. The van der Waals surface area contributed by atoms with Crippen LogP contribution in [0.5, 0.6) is 5.75 Å². The number of carbonyl (C=O) groups excluding carboxylic acids is 1. The van der Waals surface area contributed by atoms with Crippen LogP contribution in [0.4, 0.5) is 4.39 Å². The van der Waals surface area contributed by atoms with Gasteiger partial charge >= 0.3 is 0 Å². The van der Waals surface area contributed by atoms with E-state index in [1.165, 1.54) is 19.2 Å². The minimum Gasteiger partial charge on any atom is -0.494 e. The van der Waals surface area contributed by atoms with E-state index in [9.17, 15) is 9.18 Å². The molecule has 15 heavy (non-hydrogen) atoms. The van der Waals surface area contributed by atoms with Gasteiger partial charge in [0.15, 0.2) is 17.3 Å². The lowest BCUT2D eigenvalue weighted by Gasteiger charge is -2.03. The molecule has 1 aliphatic carbocycles. The fourth-order valence-corrected chi connectivity index (χ4v) is 1.72. The van der Waals surface area contributed by atoms with Gasteiger partial charge in [-0.05, 0) is 30.5 Å². The summed E-state index contributed by atoms with van der Waals surface area (Å²) in [5.74, 6) is 0.288. The van der Waals surface area contributed by atoms with Crippen molar-refractivity contribution in [2.24, 2.45) is 11.8 Å². The largest absolute Gasteiger partial charge is 0.494 e. The van der Waals surface area contributed by atoms with Crippen molar-refractivity contribution in [2.75, 3.05) is 7.11 Å². The van der Waals surface area contributed by atoms with E-state index in [4.69, 9.17) is 4.74 Å². The first kappa shape index (κ1) is 10.1. The van der Waals surface area contributed by atoms with Gasteiger partial charge in [-0.1, -0.05) is 6.92 Å². The number of Topliss-reactive ketones (excluding diaryl/α,β-unsaturated/α-hetero) is 1. The maximum atomic E-state index is 13.3. The lowest BCUT2D eigenvalue weighted by molar-refractivity contribution is 0.0962. The Labute approximate surface area is 88.1 Å². The molecule has 1 fully saturated rings. The molecule has 0 bridgehead atoms. The molecule has 0 aromatic heterocycles. The Kier molecular flexibility index (Phi) is 2.47. The molecule has 2 unspecified atom stereocenters. The second-order valence-corrected chi connectivity index (χ2v) is 4.03. The number of methoxy groups -OCH3 is 1. The maximum Gasteiger partial charge on any atom is 0.166 e. The first-order chi connectivity index (χ1) is 7.13. The lowest BCUT2D eigenvalue weighted by Crippen LogP contribution is -2.03. The van der Waals surface area contributed by atoms with Crippen molar-refractivity contribution in [3.05, 3.63) is 29.6 Å². The van der Waals surface area contributed by atoms with E-state index in [2.05, 4.69) is 0 Å². The molecule has 0 saturated heterocycles. The third-order valence-corrected chi connectivity index (χ3v) is 2.88. The van der Waals surface area contributed by atoms with Gasteiger partial charge in [0.25, 0.3) is 0 Å². The summed E-state index contributed by atoms with van der Waals surface area (Å²) in [6.45, 7) is 2.03. The van der Waals surface area contributed by atoms with E-state index >= 15 is 0 Å². The van der Waals surface area contributed by atoms with Crippen molar-refractivity contribution >= 4 is 5.78 Å². The normalized spacial score (nSPS) is 23.7. The maximum absolute atomic E-state index is 13.3. The van der Waals surface area contributed by atoms with Crippen LogP contribution in [0.15, 0.2) is 18.2 Å². The van der Waals surface area contributed by atoms with E-state index < -0.39 is 5.82 Å². The number of ether oxygens (including phenoxy) is 1. The standard InChI is InChI=1S/C12H13FO2/c1-7-5-9(7)12(14)8-3-4-11(15-2)10(13)6-8/h3-4,6-7,9H,5H2,1-2H3. The van der Waals surface area contributed by atoms with Crippen LogP contribution in [-0.4, -0.2) is 12.9 Å². The van der Waals surface area contributed by atoms with Crippen molar-refractivity contribution in [3.63, 3.8) is 0 Å². The van der Waals surface area contributed by atoms with Crippen molar-refractivity contribution in [1.29, 1.82) is 0 Å². The third-order valence-electron chi connectivity index (χ3n) is 2.88. The smallest absolute Gasteiger partial charge is 0.166 e. The quantitative estimate of drug-likeness (QED) is 0.714. The van der Waals surface area contributed by atoms with Crippen LogP contribution < -0.4 is 4.74 Å². The Balaban J connectivity index is 2.22. The molecule has 1 saturated carbocycles. The highest BCUT2D eigenvalue weighted by atomic mass is 19.1. The zero-order valence-corrected chi connectivity index (χ0v) is 8.79. The molecular weight excluding hydrogens is 195 g/mol. The number of rotatable bonds is 3. The summed E-state index contributed by atoms with van der Waals surface area (Å²) >= 11 is 0. The molecule has 0 N–H and O–H groups in total. The van der Waals surface area contributed by atoms with Gasteiger partial charge in [0.05, 0.1) is 7.11 Å². The van der Waals surface area contributed by atoms with Crippen molar-refractivity contribution in [2.45, 2.75) is 13.3 Å².